The lowest BCUT2D eigenvalue weighted by Gasteiger charge is -2.30. The number of aryl methyl sites for hydroxylation is 1. The van der Waals surface area contributed by atoms with Crippen LogP contribution in [0.5, 0.6) is 0 Å². The molecular weight excluding hydrogens is 409 g/mol. The van der Waals surface area contributed by atoms with Gasteiger partial charge in [-0.1, -0.05) is 0 Å². The maximum absolute atomic E-state index is 13.8. The third-order valence-electron chi connectivity index (χ3n) is 5.39. The predicted octanol–water partition coefficient (Wildman–Crippen LogP) is 4.84. The lowest BCUT2D eigenvalue weighted by molar-refractivity contribution is -0.153. The summed E-state index contributed by atoms with van der Waals surface area (Å²) in [7, 11) is 0. The minimum absolute atomic E-state index is 0.153. The Morgan fingerprint density at radius 3 is 2.47 bits per heavy atom. The van der Waals surface area contributed by atoms with Crippen LogP contribution in [0.4, 0.5) is 21.5 Å². The highest BCUT2D eigenvalue weighted by Gasteiger charge is 2.21. The van der Waals surface area contributed by atoms with E-state index in [4.69, 9.17) is 10.5 Å². The molecule has 1 amide bonds. The second-order valence-corrected chi connectivity index (χ2v) is 9.29. The van der Waals surface area contributed by atoms with Crippen molar-refractivity contribution in [3.8, 4) is 0 Å². The maximum Gasteiger partial charge on any atom is 0.310 e. The highest BCUT2D eigenvalue weighted by Crippen LogP contribution is 2.30. The first-order valence-electron chi connectivity index (χ1n) is 11.0. The molecule has 0 atom stereocenters. The fourth-order valence-electron chi connectivity index (χ4n) is 3.92. The average molecular weight is 442 g/mol. The minimum atomic E-state index is -0.654. The monoisotopic (exact) mass is 441 g/mol. The number of benzene rings is 2. The molecule has 1 heterocycles. The largest absolute Gasteiger partial charge is 0.460 e. The highest BCUT2D eigenvalue weighted by molar-refractivity contribution is 6.07. The first kappa shape index (κ1) is 23.6. The van der Waals surface area contributed by atoms with Crippen molar-refractivity contribution >= 4 is 28.9 Å². The fraction of sp³-hybridized carbons (Fsp3) is 0.440. The molecule has 6 nitrogen and oxygen atoms in total. The number of rotatable bonds is 5. The summed E-state index contributed by atoms with van der Waals surface area (Å²) in [6.45, 7) is 9.07. The van der Waals surface area contributed by atoms with Gasteiger partial charge in [0.15, 0.2) is 0 Å². The second-order valence-electron chi connectivity index (χ2n) is 9.29. The van der Waals surface area contributed by atoms with Gasteiger partial charge in [0, 0.05) is 24.3 Å². The molecule has 0 unspecified atom stereocenters. The number of carbonyl (C=O) groups is 2. The number of hydrogen-bond acceptors (Lipinski definition) is 5. The smallest absolute Gasteiger partial charge is 0.310 e. The van der Waals surface area contributed by atoms with Gasteiger partial charge >= 0.3 is 5.97 Å². The van der Waals surface area contributed by atoms with Crippen LogP contribution in [0.25, 0.3) is 0 Å². The van der Waals surface area contributed by atoms with Crippen molar-refractivity contribution in [1.29, 1.82) is 0 Å². The molecule has 172 valence electrons. The summed E-state index contributed by atoms with van der Waals surface area (Å²) in [5.74, 6) is -1.35. The molecule has 0 aromatic heterocycles. The van der Waals surface area contributed by atoms with Gasteiger partial charge in [-0.25, -0.2) is 4.39 Å². The van der Waals surface area contributed by atoms with E-state index in [0.29, 0.717) is 22.5 Å². The molecule has 1 fully saturated rings. The summed E-state index contributed by atoms with van der Waals surface area (Å²) in [4.78, 5) is 27.5. The van der Waals surface area contributed by atoms with E-state index in [1.165, 1.54) is 24.6 Å². The molecule has 0 spiro atoms. The van der Waals surface area contributed by atoms with Gasteiger partial charge in [0.05, 0.1) is 17.8 Å². The Morgan fingerprint density at radius 2 is 1.81 bits per heavy atom. The summed E-state index contributed by atoms with van der Waals surface area (Å²) < 4.78 is 19.2. The molecule has 1 aliphatic rings. The first-order valence-corrected chi connectivity index (χ1v) is 11.0. The van der Waals surface area contributed by atoms with E-state index >= 15 is 0 Å². The summed E-state index contributed by atoms with van der Waals surface area (Å²) in [5.41, 5.74) is 9.09. The molecule has 1 aliphatic heterocycles. The number of nitrogen functional groups attached to an aromatic ring is 1. The van der Waals surface area contributed by atoms with Gasteiger partial charge in [-0.05, 0) is 88.4 Å². The van der Waals surface area contributed by atoms with E-state index in [1.807, 2.05) is 13.0 Å². The Balaban J connectivity index is 1.81. The SMILES string of the molecule is Cc1cc(N2CCCCC2)c(N)cc1C(=O)Nc1ccc(F)cc1CC(=O)OC(C)(C)C. The molecule has 0 bridgehead atoms. The molecule has 7 heteroatoms. The number of anilines is 3. The molecule has 2 aromatic carbocycles. The topological polar surface area (TPSA) is 84.7 Å². The van der Waals surface area contributed by atoms with Gasteiger partial charge in [-0.2, -0.15) is 0 Å². The van der Waals surface area contributed by atoms with Gasteiger partial charge in [0.2, 0.25) is 0 Å². The predicted molar refractivity (Wildman–Crippen MR) is 126 cm³/mol. The molecule has 0 aliphatic carbocycles. The minimum Gasteiger partial charge on any atom is -0.460 e. The van der Waals surface area contributed by atoms with E-state index in [1.54, 1.807) is 26.8 Å². The number of esters is 1. The number of carbonyl (C=O) groups excluding carboxylic acids is 2. The lowest BCUT2D eigenvalue weighted by Crippen LogP contribution is -2.30. The Kier molecular flexibility index (Phi) is 7.06. The van der Waals surface area contributed by atoms with Crippen molar-refractivity contribution in [3.63, 3.8) is 0 Å². The Bertz CT molecular complexity index is 1010. The van der Waals surface area contributed by atoms with Gasteiger partial charge < -0.3 is 20.7 Å². The molecule has 3 rings (SSSR count). The standard InChI is InChI=1S/C25H32FN3O3/c1-16-12-22(29-10-6-5-7-11-29)20(27)15-19(16)24(31)28-21-9-8-18(26)13-17(21)14-23(30)32-25(2,3)4/h8-9,12-13,15H,5-7,10-11,14,27H2,1-4H3,(H,28,31). The van der Waals surface area contributed by atoms with Crippen LogP contribution < -0.4 is 16.0 Å². The van der Waals surface area contributed by atoms with Crippen LogP contribution >= 0.6 is 0 Å². The summed E-state index contributed by atoms with van der Waals surface area (Å²) in [6.07, 6.45) is 3.33. The van der Waals surface area contributed by atoms with Crippen LogP contribution in [-0.2, 0) is 16.0 Å². The van der Waals surface area contributed by atoms with Crippen molar-refractivity contribution in [2.75, 3.05) is 29.0 Å². The van der Waals surface area contributed by atoms with Crippen molar-refractivity contribution in [2.24, 2.45) is 0 Å². The van der Waals surface area contributed by atoms with Crippen LogP contribution in [0.1, 0.15) is 61.5 Å². The van der Waals surface area contributed by atoms with Gasteiger partial charge in [0.25, 0.3) is 5.91 Å². The van der Waals surface area contributed by atoms with E-state index in [2.05, 4.69) is 10.2 Å². The molecular formula is C25H32FN3O3. The number of nitrogens with two attached hydrogens (primary N) is 1. The quantitative estimate of drug-likeness (QED) is 0.512. The van der Waals surface area contributed by atoms with E-state index in [-0.39, 0.29) is 12.3 Å². The summed E-state index contributed by atoms with van der Waals surface area (Å²) >= 11 is 0. The second kappa shape index (κ2) is 9.59. The van der Waals surface area contributed by atoms with E-state index in [0.717, 1.165) is 37.2 Å². The zero-order valence-electron chi connectivity index (χ0n) is 19.3. The number of piperidine rings is 1. The molecule has 3 N–H and O–H groups in total. The van der Waals surface area contributed by atoms with Gasteiger partial charge in [-0.15, -0.1) is 0 Å². The van der Waals surface area contributed by atoms with Gasteiger partial charge in [0.1, 0.15) is 11.4 Å². The van der Waals surface area contributed by atoms with Crippen molar-refractivity contribution in [1.82, 2.24) is 0 Å². The molecule has 0 saturated carbocycles. The number of halogens is 1. The highest BCUT2D eigenvalue weighted by atomic mass is 19.1. The van der Waals surface area contributed by atoms with Crippen molar-refractivity contribution < 1.29 is 18.7 Å². The first-order chi connectivity index (χ1) is 15.0. The van der Waals surface area contributed by atoms with E-state index in [9.17, 15) is 14.0 Å². The zero-order valence-corrected chi connectivity index (χ0v) is 19.3. The average Bonchev–Trinajstić information content (AvgIpc) is 2.70. The molecule has 0 radical (unpaired) electrons. The van der Waals surface area contributed by atoms with Crippen LogP contribution in [0, 0.1) is 12.7 Å². The molecule has 1 saturated heterocycles. The number of ether oxygens (including phenoxy) is 1. The van der Waals surface area contributed by atoms with Gasteiger partial charge in [-0.3, -0.25) is 9.59 Å². The van der Waals surface area contributed by atoms with Crippen molar-refractivity contribution in [2.45, 2.75) is 59.0 Å². The third kappa shape index (κ3) is 5.99. The normalized spacial score (nSPS) is 14.2. The lowest BCUT2D eigenvalue weighted by atomic mass is 10.0. The fourth-order valence-corrected chi connectivity index (χ4v) is 3.92. The molecule has 2 aromatic rings. The third-order valence-corrected chi connectivity index (χ3v) is 5.39. The summed E-state index contributed by atoms with van der Waals surface area (Å²) in [5, 5.41) is 2.81. The van der Waals surface area contributed by atoms with Crippen LogP contribution in [0.15, 0.2) is 30.3 Å². The Labute approximate surface area is 188 Å². The summed E-state index contributed by atoms with van der Waals surface area (Å²) in [6, 6.07) is 7.57. The van der Waals surface area contributed by atoms with Crippen molar-refractivity contribution in [3.05, 3.63) is 52.8 Å². The Morgan fingerprint density at radius 1 is 1.12 bits per heavy atom. The van der Waals surface area contributed by atoms with Crippen LogP contribution in [0.3, 0.4) is 0 Å². The van der Waals surface area contributed by atoms with Crippen LogP contribution in [-0.4, -0.2) is 30.6 Å². The van der Waals surface area contributed by atoms with Crippen LogP contribution in [0.2, 0.25) is 0 Å². The Hall–Kier alpha value is -3.09. The maximum atomic E-state index is 13.8. The number of nitrogens with zero attached hydrogens (tertiary/aromatic N) is 1. The number of hydrogen-bond donors (Lipinski definition) is 2. The zero-order chi connectivity index (χ0) is 23.5. The number of nitrogens with one attached hydrogen (secondary N) is 1. The van der Waals surface area contributed by atoms with E-state index < -0.39 is 17.4 Å². The molecule has 32 heavy (non-hydrogen) atoms. The number of amides is 1.